The maximum absolute atomic E-state index is 12.9. The fourth-order valence-corrected chi connectivity index (χ4v) is 2.34. The Morgan fingerprint density at radius 3 is 2.04 bits per heavy atom. The van der Waals surface area contributed by atoms with E-state index in [2.05, 4.69) is 5.10 Å². The molecule has 0 radical (unpaired) electrons. The zero-order valence-electron chi connectivity index (χ0n) is 14.1. The summed E-state index contributed by atoms with van der Waals surface area (Å²) in [5.74, 6) is -1.51. The van der Waals surface area contributed by atoms with E-state index in [1.165, 1.54) is 48.5 Å². The summed E-state index contributed by atoms with van der Waals surface area (Å²) in [4.78, 5) is 24.1. The van der Waals surface area contributed by atoms with Crippen molar-refractivity contribution in [3.05, 3.63) is 83.4 Å². The number of rotatable bonds is 5. The largest absolute Gasteiger partial charge is 0.435 e. The first-order valence-corrected chi connectivity index (χ1v) is 7.94. The first-order chi connectivity index (χ1) is 13.2. The molecular weight excluding hydrogens is 380 g/mol. The number of ether oxygens (including phenoxy) is 1. The van der Waals surface area contributed by atoms with E-state index >= 15 is 0 Å². The van der Waals surface area contributed by atoms with Crippen molar-refractivity contribution in [2.24, 2.45) is 0 Å². The molecule has 0 saturated heterocycles. The Hall–Kier alpha value is -3.49. The van der Waals surface area contributed by atoms with Gasteiger partial charge in [-0.15, -0.1) is 0 Å². The molecule has 0 bridgehead atoms. The molecule has 3 aromatic rings. The normalized spacial score (nSPS) is 11.3. The van der Waals surface area contributed by atoms with Crippen LogP contribution >= 0.6 is 0 Å². The minimum Gasteiger partial charge on any atom is -0.425 e. The van der Waals surface area contributed by atoms with E-state index in [-0.39, 0.29) is 11.5 Å². The third kappa shape index (κ3) is 4.61. The van der Waals surface area contributed by atoms with Crippen LogP contribution in [0.3, 0.4) is 0 Å². The summed E-state index contributed by atoms with van der Waals surface area (Å²) >= 11 is 0. The second kappa shape index (κ2) is 7.63. The second-order valence-electron chi connectivity index (χ2n) is 5.73. The Balaban J connectivity index is 1.62. The number of carbonyl (C=O) groups excluding carboxylic acids is 2. The van der Waals surface area contributed by atoms with E-state index < -0.39 is 30.2 Å². The zero-order chi connectivity index (χ0) is 20.3. The summed E-state index contributed by atoms with van der Waals surface area (Å²) in [7, 11) is 0. The number of carbonyl (C=O) groups is 2. The van der Waals surface area contributed by atoms with Gasteiger partial charge in [0, 0.05) is 17.3 Å². The topological polar surface area (TPSA) is 61.2 Å². The average molecular weight is 392 g/mol. The van der Waals surface area contributed by atoms with Gasteiger partial charge < -0.3 is 4.74 Å². The van der Waals surface area contributed by atoms with Crippen LogP contribution in [0.1, 0.15) is 21.6 Å². The van der Waals surface area contributed by atoms with Gasteiger partial charge in [-0.2, -0.15) is 18.3 Å². The van der Waals surface area contributed by atoms with Gasteiger partial charge in [0.2, 0.25) is 0 Å². The Morgan fingerprint density at radius 2 is 1.50 bits per heavy atom. The summed E-state index contributed by atoms with van der Waals surface area (Å²) < 4.78 is 56.2. The summed E-state index contributed by atoms with van der Waals surface area (Å²) in [6.07, 6.45) is -3.57. The van der Waals surface area contributed by atoms with Gasteiger partial charge in [0.05, 0.1) is 0 Å². The maximum Gasteiger partial charge on any atom is 0.435 e. The number of benzene rings is 2. The lowest BCUT2D eigenvalue weighted by molar-refractivity contribution is -0.142. The minimum absolute atomic E-state index is 0.115. The number of nitrogens with zero attached hydrogens (tertiary/aromatic N) is 2. The smallest absolute Gasteiger partial charge is 0.425 e. The molecule has 1 heterocycles. The van der Waals surface area contributed by atoms with Crippen LogP contribution in [0.5, 0.6) is 5.75 Å². The van der Waals surface area contributed by atoms with Crippen molar-refractivity contribution in [3.63, 3.8) is 0 Å². The predicted molar refractivity (Wildman–Crippen MR) is 89.1 cm³/mol. The predicted octanol–water partition coefficient (Wildman–Crippen LogP) is 3.88. The van der Waals surface area contributed by atoms with E-state index in [0.717, 1.165) is 16.9 Å². The quantitative estimate of drug-likeness (QED) is 0.286. The van der Waals surface area contributed by atoms with Crippen LogP contribution in [0.2, 0.25) is 0 Å². The first-order valence-electron chi connectivity index (χ1n) is 7.94. The number of ketones is 1. The second-order valence-corrected chi connectivity index (χ2v) is 5.73. The monoisotopic (exact) mass is 392 g/mol. The van der Waals surface area contributed by atoms with Gasteiger partial charge in [-0.05, 0) is 54.6 Å². The van der Waals surface area contributed by atoms with Crippen molar-refractivity contribution in [2.75, 3.05) is 0 Å². The lowest BCUT2D eigenvalue weighted by atomic mass is 10.0. The Bertz CT molecular complexity index is 993. The summed E-state index contributed by atoms with van der Waals surface area (Å²) in [6.45, 7) is -0.508. The summed E-state index contributed by atoms with van der Waals surface area (Å²) in [5, 5.41) is 3.26. The standard InChI is InChI=1S/C19H12F4N2O3/c20-14-5-1-12(2-6-14)18(27)13-3-7-15(8-4-13)28-17(26)11-25-10-9-16(24-25)19(21,22)23/h1-10H,11H2. The van der Waals surface area contributed by atoms with E-state index in [9.17, 15) is 27.2 Å². The van der Waals surface area contributed by atoms with E-state index in [1.807, 2.05) is 0 Å². The molecule has 3 rings (SSSR count). The highest BCUT2D eigenvalue weighted by Gasteiger charge is 2.33. The van der Waals surface area contributed by atoms with Crippen molar-refractivity contribution in [1.29, 1.82) is 0 Å². The number of aromatic nitrogens is 2. The zero-order valence-corrected chi connectivity index (χ0v) is 14.1. The third-order valence-corrected chi connectivity index (χ3v) is 3.68. The van der Waals surface area contributed by atoms with Crippen molar-refractivity contribution < 1.29 is 31.9 Å². The fourth-order valence-electron chi connectivity index (χ4n) is 2.34. The van der Waals surface area contributed by atoms with Crippen LogP contribution in [0.25, 0.3) is 0 Å². The molecule has 28 heavy (non-hydrogen) atoms. The Labute approximate surface area is 156 Å². The molecule has 0 atom stereocenters. The molecule has 0 fully saturated rings. The van der Waals surface area contributed by atoms with Gasteiger partial charge in [-0.25, -0.2) is 9.18 Å². The number of halogens is 4. The average Bonchev–Trinajstić information content (AvgIpc) is 3.11. The van der Waals surface area contributed by atoms with E-state index in [1.54, 1.807) is 0 Å². The van der Waals surface area contributed by atoms with E-state index in [0.29, 0.717) is 11.1 Å². The highest BCUT2D eigenvalue weighted by Crippen LogP contribution is 2.27. The molecule has 9 heteroatoms. The van der Waals surface area contributed by atoms with Crippen LogP contribution in [0.4, 0.5) is 17.6 Å². The van der Waals surface area contributed by atoms with Gasteiger partial charge >= 0.3 is 12.1 Å². The summed E-state index contributed by atoms with van der Waals surface area (Å²) in [6, 6.07) is 11.4. The molecular formula is C19H12F4N2O3. The van der Waals surface area contributed by atoms with Crippen molar-refractivity contribution in [1.82, 2.24) is 9.78 Å². The van der Waals surface area contributed by atoms with Gasteiger partial charge in [0.25, 0.3) is 0 Å². The third-order valence-electron chi connectivity index (χ3n) is 3.68. The first kappa shape index (κ1) is 19.3. The van der Waals surface area contributed by atoms with Crippen LogP contribution in [-0.2, 0) is 17.5 Å². The Kier molecular flexibility index (Phi) is 5.25. The van der Waals surface area contributed by atoms with Gasteiger partial charge in [-0.3, -0.25) is 9.48 Å². The molecule has 0 N–H and O–H groups in total. The molecule has 0 aliphatic carbocycles. The summed E-state index contributed by atoms with van der Waals surface area (Å²) in [5.41, 5.74) is -0.512. The van der Waals surface area contributed by atoms with Crippen molar-refractivity contribution >= 4 is 11.8 Å². The molecule has 0 saturated carbocycles. The van der Waals surface area contributed by atoms with Crippen LogP contribution in [0, 0.1) is 5.82 Å². The Morgan fingerprint density at radius 1 is 0.929 bits per heavy atom. The molecule has 144 valence electrons. The maximum atomic E-state index is 12.9. The molecule has 1 aromatic heterocycles. The van der Waals surface area contributed by atoms with E-state index in [4.69, 9.17) is 4.74 Å². The number of hydrogen-bond acceptors (Lipinski definition) is 4. The van der Waals surface area contributed by atoms with Crippen LogP contribution < -0.4 is 4.74 Å². The highest BCUT2D eigenvalue weighted by atomic mass is 19.4. The highest BCUT2D eigenvalue weighted by molar-refractivity contribution is 6.09. The molecule has 5 nitrogen and oxygen atoms in total. The number of esters is 1. The lowest BCUT2D eigenvalue weighted by Gasteiger charge is -2.06. The molecule has 0 unspecified atom stereocenters. The minimum atomic E-state index is -4.60. The van der Waals surface area contributed by atoms with Crippen molar-refractivity contribution in [2.45, 2.75) is 12.7 Å². The molecule has 0 amide bonds. The van der Waals surface area contributed by atoms with Crippen LogP contribution in [0.15, 0.2) is 60.8 Å². The molecule has 2 aromatic carbocycles. The number of hydrogen-bond donors (Lipinski definition) is 0. The van der Waals surface area contributed by atoms with Crippen molar-refractivity contribution in [3.8, 4) is 5.75 Å². The lowest BCUT2D eigenvalue weighted by Crippen LogP contribution is -2.17. The number of alkyl halides is 3. The van der Waals surface area contributed by atoms with Crippen LogP contribution in [-0.4, -0.2) is 21.5 Å². The molecule has 0 aliphatic rings. The van der Waals surface area contributed by atoms with Gasteiger partial charge in [0.15, 0.2) is 11.5 Å². The molecule has 0 aliphatic heterocycles. The fraction of sp³-hybridized carbons (Fsp3) is 0.105. The van der Waals surface area contributed by atoms with Gasteiger partial charge in [0.1, 0.15) is 18.1 Å². The SMILES string of the molecule is O=C(Cn1ccc(C(F)(F)F)n1)Oc1ccc(C(=O)c2ccc(F)cc2)cc1. The van der Waals surface area contributed by atoms with Gasteiger partial charge in [-0.1, -0.05) is 0 Å². The molecule has 0 spiro atoms.